The highest BCUT2D eigenvalue weighted by Crippen LogP contribution is 2.41. The molecule has 0 spiro atoms. The maximum Gasteiger partial charge on any atom is 0.230 e. The molecule has 0 amide bonds. The van der Waals surface area contributed by atoms with Crippen molar-refractivity contribution in [3.05, 3.63) is 24.4 Å². The van der Waals surface area contributed by atoms with Crippen molar-refractivity contribution in [1.29, 1.82) is 0 Å². The number of rotatable bonds is 5. The summed E-state index contributed by atoms with van der Waals surface area (Å²) in [6.07, 6.45) is 4.06. The Morgan fingerprint density at radius 1 is 1.37 bits per heavy atom. The van der Waals surface area contributed by atoms with Gasteiger partial charge in [-0.15, -0.1) is 0 Å². The Hall–Kier alpha value is -2.17. The van der Waals surface area contributed by atoms with Crippen LogP contribution in [0.2, 0.25) is 0 Å². The lowest BCUT2D eigenvalue weighted by molar-refractivity contribution is 0.281. The monoisotopic (exact) mass is 260 g/mol. The molecule has 0 unspecified atom stereocenters. The molecule has 0 saturated heterocycles. The number of aromatic nitrogens is 1. The first kappa shape index (κ1) is 11.9. The maximum absolute atomic E-state index is 5.91. The van der Waals surface area contributed by atoms with Crippen LogP contribution in [0.15, 0.2) is 28.9 Å². The molecule has 3 rings (SSSR count). The van der Waals surface area contributed by atoms with Crippen molar-refractivity contribution < 1.29 is 14.0 Å². The molecule has 1 aliphatic rings. The number of methoxy groups -OCH3 is 1. The quantitative estimate of drug-likeness (QED) is 0.895. The number of anilines is 1. The Labute approximate surface area is 111 Å². The van der Waals surface area contributed by atoms with Crippen LogP contribution in [-0.4, -0.2) is 18.9 Å². The van der Waals surface area contributed by atoms with E-state index >= 15 is 0 Å². The predicted molar refractivity (Wildman–Crippen MR) is 71.1 cm³/mol. The normalized spacial score (nSPS) is 14.4. The van der Waals surface area contributed by atoms with Gasteiger partial charge in [-0.2, -0.15) is 0 Å². The zero-order chi connectivity index (χ0) is 13.2. The van der Waals surface area contributed by atoms with Gasteiger partial charge in [0.15, 0.2) is 11.5 Å². The molecule has 1 heterocycles. The highest BCUT2D eigenvalue weighted by Gasteiger charge is 2.24. The smallest absolute Gasteiger partial charge is 0.230 e. The minimum atomic E-state index is 0.282. The third-order valence-electron chi connectivity index (χ3n) is 3.25. The van der Waals surface area contributed by atoms with Gasteiger partial charge in [-0.1, -0.05) is 17.3 Å². The summed E-state index contributed by atoms with van der Waals surface area (Å²) < 4.78 is 16.2. The van der Waals surface area contributed by atoms with Gasteiger partial charge >= 0.3 is 0 Å². The molecule has 5 nitrogen and oxygen atoms in total. The standard InChI is InChI=1S/C14H16N2O3/c1-17-12-4-2-3-10(11-7-16-19-14(11)15)13(12)18-8-9-5-6-9/h2-4,7,9H,5-6,8,15H2,1H3. The first-order chi connectivity index (χ1) is 9.29. The van der Waals surface area contributed by atoms with Gasteiger partial charge in [0.2, 0.25) is 5.88 Å². The van der Waals surface area contributed by atoms with E-state index in [1.165, 1.54) is 12.8 Å². The maximum atomic E-state index is 5.91. The van der Waals surface area contributed by atoms with E-state index in [-0.39, 0.29) is 5.88 Å². The summed E-state index contributed by atoms with van der Waals surface area (Å²) in [5, 5.41) is 3.71. The molecule has 1 aromatic heterocycles. The summed E-state index contributed by atoms with van der Waals surface area (Å²) in [6, 6.07) is 5.69. The number of benzene rings is 1. The number of hydrogen-bond acceptors (Lipinski definition) is 5. The predicted octanol–water partition coefficient (Wildman–Crippen LogP) is 2.72. The molecule has 19 heavy (non-hydrogen) atoms. The number of nitrogens with two attached hydrogens (primary N) is 1. The van der Waals surface area contributed by atoms with E-state index < -0.39 is 0 Å². The summed E-state index contributed by atoms with van der Waals surface area (Å²) in [6.45, 7) is 0.707. The van der Waals surface area contributed by atoms with Gasteiger partial charge in [-0.05, 0) is 24.8 Å². The minimum absolute atomic E-state index is 0.282. The van der Waals surface area contributed by atoms with Gasteiger partial charge in [0.25, 0.3) is 0 Å². The highest BCUT2D eigenvalue weighted by molar-refractivity contribution is 5.79. The van der Waals surface area contributed by atoms with Crippen LogP contribution in [0.1, 0.15) is 12.8 Å². The fraction of sp³-hybridized carbons (Fsp3) is 0.357. The van der Waals surface area contributed by atoms with Crippen molar-refractivity contribution in [1.82, 2.24) is 5.16 Å². The van der Waals surface area contributed by atoms with Crippen LogP contribution >= 0.6 is 0 Å². The van der Waals surface area contributed by atoms with Crippen LogP contribution in [0.4, 0.5) is 5.88 Å². The summed E-state index contributed by atoms with van der Waals surface area (Å²) in [5.41, 5.74) is 7.35. The molecular weight excluding hydrogens is 244 g/mol. The Balaban J connectivity index is 1.99. The van der Waals surface area contributed by atoms with Crippen LogP contribution in [-0.2, 0) is 0 Å². The Kier molecular flexibility index (Phi) is 3.03. The van der Waals surface area contributed by atoms with E-state index in [0.29, 0.717) is 24.0 Å². The summed E-state index contributed by atoms with van der Waals surface area (Å²) >= 11 is 0. The molecule has 2 N–H and O–H groups in total. The van der Waals surface area contributed by atoms with E-state index in [2.05, 4.69) is 5.16 Å². The van der Waals surface area contributed by atoms with Crippen LogP contribution in [0, 0.1) is 5.92 Å². The first-order valence-corrected chi connectivity index (χ1v) is 6.30. The lowest BCUT2D eigenvalue weighted by Gasteiger charge is -2.14. The highest BCUT2D eigenvalue weighted by atomic mass is 16.5. The molecule has 2 aromatic rings. The van der Waals surface area contributed by atoms with Crippen LogP contribution in [0.3, 0.4) is 0 Å². The lowest BCUT2D eigenvalue weighted by Crippen LogP contribution is -2.02. The van der Waals surface area contributed by atoms with Crippen LogP contribution in [0.5, 0.6) is 11.5 Å². The van der Waals surface area contributed by atoms with Crippen molar-refractivity contribution in [2.45, 2.75) is 12.8 Å². The molecule has 1 saturated carbocycles. The Morgan fingerprint density at radius 2 is 2.21 bits per heavy atom. The van der Waals surface area contributed by atoms with Crippen molar-refractivity contribution in [3.8, 4) is 22.6 Å². The number of nitrogens with zero attached hydrogens (tertiary/aromatic N) is 1. The zero-order valence-electron chi connectivity index (χ0n) is 10.8. The van der Waals surface area contributed by atoms with Gasteiger partial charge in [0, 0.05) is 5.56 Å². The fourth-order valence-electron chi connectivity index (χ4n) is 1.97. The van der Waals surface area contributed by atoms with Crippen molar-refractivity contribution >= 4 is 5.88 Å². The second kappa shape index (κ2) is 4.84. The van der Waals surface area contributed by atoms with E-state index in [1.54, 1.807) is 13.3 Å². The number of ether oxygens (including phenoxy) is 2. The molecule has 1 aliphatic carbocycles. The Bertz CT molecular complexity index is 576. The third-order valence-corrected chi connectivity index (χ3v) is 3.25. The largest absolute Gasteiger partial charge is 0.493 e. The van der Waals surface area contributed by atoms with Gasteiger partial charge in [-0.25, -0.2) is 0 Å². The Morgan fingerprint density at radius 3 is 2.84 bits per heavy atom. The molecule has 1 aromatic carbocycles. The molecular formula is C14H16N2O3. The first-order valence-electron chi connectivity index (χ1n) is 6.30. The third kappa shape index (κ3) is 2.36. The molecule has 0 aliphatic heterocycles. The topological polar surface area (TPSA) is 70.5 Å². The summed E-state index contributed by atoms with van der Waals surface area (Å²) in [7, 11) is 1.63. The average molecular weight is 260 g/mol. The molecule has 5 heteroatoms. The van der Waals surface area contributed by atoms with Crippen LogP contribution < -0.4 is 15.2 Å². The molecule has 100 valence electrons. The molecule has 0 atom stereocenters. The van der Waals surface area contributed by atoms with Crippen molar-refractivity contribution in [2.75, 3.05) is 19.5 Å². The molecule has 0 radical (unpaired) electrons. The van der Waals surface area contributed by atoms with Crippen molar-refractivity contribution in [2.24, 2.45) is 5.92 Å². The van der Waals surface area contributed by atoms with Gasteiger partial charge in [-0.3, -0.25) is 0 Å². The van der Waals surface area contributed by atoms with E-state index in [1.807, 2.05) is 18.2 Å². The second-order valence-corrected chi connectivity index (χ2v) is 4.70. The summed E-state index contributed by atoms with van der Waals surface area (Å²) in [5.74, 6) is 2.34. The number of nitrogen functional groups attached to an aromatic ring is 1. The number of hydrogen-bond donors (Lipinski definition) is 1. The molecule has 1 fully saturated rings. The lowest BCUT2D eigenvalue weighted by atomic mass is 10.1. The van der Waals surface area contributed by atoms with Crippen LogP contribution in [0.25, 0.3) is 11.1 Å². The van der Waals surface area contributed by atoms with E-state index in [0.717, 1.165) is 11.1 Å². The zero-order valence-corrected chi connectivity index (χ0v) is 10.8. The molecule has 0 bridgehead atoms. The van der Waals surface area contributed by atoms with E-state index in [4.69, 9.17) is 19.7 Å². The van der Waals surface area contributed by atoms with Gasteiger partial charge < -0.3 is 19.7 Å². The second-order valence-electron chi connectivity index (χ2n) is 4.70. The van der Waals surface area contributed by atoms with Gasteiger partial charge in [0.1, 0.15) is 0 Å². The van der Waals surface area contributed by atoms with E-state index in [9.17, 15) is 0 Å². The number of para-hydroxylation sites is 1. The van der Waals surface area contributed by atoms with Crippen molar-refractivity contribution in [3.63, 3.8) is 0 Å². The van der Waals surface area contributed by atoms with Gasteiger partial charge in [0.05, 0.1) is 25.5 Å². The summed E-state index contributed by atoms with van der Waals surface area (Å²) in [4.78, 5) is 0. The minimum Gasteiger partial charge on any atom is -0.493 e. The average Bonchev–Trinajstić information content (AvgIpc) is 3.17. The SMILES string of the molecule is COc1cccc(-c2cnoc2N)c1OCC1CC1. The fourth-order valence-corrected chi connectivity index (χ4v) is 1.97.